The lowest BCUT2D eigenvalue weighted by Gasteiger charge is -2.28. The van der Waals surface area contributed by atoms with E-state index in [2.05, 4.69) is 5.32 Å². The number of imide groups is 1. The SMILES string of the molecule is COc1cccc(NC(=O)COC(=O)c2ccc(N3C(=O)[C@H]4C[C@H](Cl)[C@@H](Cl)C[C@H]4C3=O)cc2)c1. The molecule has 2 aliphatic rings. The van der Waals surface area contributed by atoms with Crippen molar-refractivity contribution in [3.63, 3.8) is 0 Å². The van der Waals surface area contributed by atoms with E-state index in [0.29, 0.717) is 30.0 Å². The van der Waals surface area contributed by atoms with Crippen molar-refractivity contribution in [2.24, 2.45) is 11.8 Å². The summed E-state index contributed by atoms with van der Waals surface area (Å²) >= 11 is 12.4. The Labute approximate surface area is 206 Å². The van der Waals surface area contributed by atoms with Gasteiger partial charge in [-0.05, 0) is 49.2 Å². The minimum absolute atomic E-state index is 0.177. The minimum Gasteiger partial charge on any atom is -0.497 e. The number of esters is 1. The summed E-state index contributed by atoms with van der Waals surface area (Å²) in [5, 5.41) is 1.89. The third kappa shape index (κ3) is 4.88. The molecule has 1 N–H and O–H groups in total. The fourth-order valence-corrected chi connectivity index (χ4v) is 4.80. The molecule has 178 valence electrons. The number of rotatable bonds is 6. The third-order valence-corrected chi connectivity index (χ3v) is 7.05. The molecule has 8 nitrogen and oxygen atoms in total. The Morgan fingerprint density at radius 2 is 1.62 bits per heavy atom. The Bertz CT molecular complexity index is 1090. The summed E-state index contributed by atoms with van der Waals surface area (Å²) in [6, 6.07) is 12.6. The molecular weight excluding hydrogens is 483 g/mol. The number of fused-ring (bicyclic) bond motifs is 1. The van der Waals surface area contributed by atoms with Crippen LogP contribution in [0, 0.1) is 11.8 Å². The Hall–Kier alpha value is -3.10. The van der Waals surface area contributed by atoms with Crippen LogP contribution in [-0.2, 0) is 19.1 Å². The van der Waals surface area contributed by atoms with Crippen LogP contribution in [0.15, 0.2) is 48.5 Å². The lowest BCUT2D eigenvalue weighted by atomic mass is 9.80. The molecule has 1 saturated carbocycles. The number of alkyl halides is 2. The van der Waals surface area contributed by atoms with Crippen molar-refractivity contribution in [2.45, 2.75) is 23.6 Å². The third-order valence-electron chi connectivity index (χ3n) is 5.96. The van der Waals surface area contributed by atoms with Crippen LogP contribution >= 0.6 is 23.2 Å². The number of hydrogen-bond acceptors (Lipinski definition) is 6. The van der Waals surface area contributed by atoms with Crippen molar-refractivity contribution in [1.29, 1.82) is 0 Å². The van der Waals surface area contributed by atoms with Gasteiger partial charge in [0.1, 0.15) is 5.75 Å². The second-order valence-corrected chi connectivity index (χ2v) is 9.25. The highest BCUT2D eigenvalue weighted by Gasteiger charge is 2.52. The highest BCUT2D eigenvalue weighted by Crippen LogP contribution is 2.43. The zero-order valence-electron chi connectivity index (χ0n) is 18.2. The molecule has 0 bridgehead atoms. The first-order chi connectivity index (χ1) is 16.3. The quantitative estimate of drug-likeness (QED) is 0.366. The monoisotopic (exact) mass is 504 g/mol. The molecule has 2 aromatic rings. The molecule has 0 unspecified atom stereocenters. The first-order valence-corrected chi connectivity index (χ1v) is 11.5. The highest BCUT2D eigenvalue weighted by molar-refractivity contribution is 6.31. The molecule has 3 amide bonds. The second-order valence-electron chi connectivity index (χ2n) is 8.13. The van der Waals surface area contributed by atoms with Gasteiger partial charge in [-0.2, -0.15) is 0 Å². The first-order valence-electron chi connectivity index (χ1n) is 10.7. The molecule has 1 aliphatic heterocycles. The summed E-state index contributed by atoms with van der Waals surface area (Å²) in [6.45, 7) is -0.483. The predicted octanol–water partition coefficient (Wildman–Crippen LogP) is 3.60. The van der Waals surface area contributed by atoms with Gasteiger partial charge in [0.25, 0.3) is 5.91 Å². The molecule has 0 radical (unpaired) electrons. The van der Waals surface area contributed by atoms with E-state index >= 15 is 0 Å². The van der Waals surface area contributed by atoms with Crippen molar-refractivity contribution in [2.75, 3.05) is 23.9 Å². The van der Waals surface area contributed by atoms with Crippen LogP contribution in [0.2, 0.25) is 0 Å². The largest absolute Gasteiger partial charge is 0.497 e. The highest BCUT2D eigenvalue weighted by atomic mass is 35.5. The molecule has 34 heavy (non-hydrogen) atoms. The van der Waals surface area contributed by atoms with Crippen molar-refractivity contribution >= 4 is 58.3 Å². The van der Waals surface area contributed by atoms with E-state index in [1.165, 1.54) is 31.4 Å². The molecule has 2 fully saturated rings. The van der Waals surface area contributed by atoms with Gasteiger partial charge >= 0.3 is 5.97 Å². The number of benzene rings is 2. The Morgan fingerprint density at radius 3 is 2.21 bits per heavy atom. The summed E-state index contributed by atoms with van der Waals surface area (Å²) in [5.41, 5.74) is 1.04. The molecule has 1 aliphatic carbocycles. The summed E-state index contributed by atoms with van der Waals surface area (Å²) < 4.78 is 10.2. The summed E-state index contributed by atoms with van der Waals surface area (Å²) in [6.07, 6.45) is 0.702. The molecule has 1 heterocycles. The average Bonchev–Trinajstić information content (AvgIpc) is 3.07. The maximum absolute atomic E-state index is 12.8. The zero-order valence-corrected chi connectivity index (χ0v) is 19.7. The molecule has 1 saturated heterocycles. The van der Waals surface area contributed by atoms with Crippen LogP contribution in [0.1, 0.15) is 23.2 Å². The molecular formula is C24H22Cl2N2O6. The molecule has 4 rings (SSSR count). The maximum atomic E-state index is 12.8. The van der Waals surface area contributed by atoms with Crippen molar-refractivity contribution < 1.29 is 28.7 Å². The lowest BCUT2D eigenvalue weighted by molar-refractivity contribution is -0.122. The van der Waals surface area contributed by atoms with E-state index in [1.54, 1.807) is 24.3 Å². The van der Waals surface area contributed by atoms with Gasteiger partial charge in [-0.1, -0.05) is 6.07 Å². The Morgan fingerprint density at radius 1 is 1.00 bits per heavy atom. The summed E-state index contributed by atoms with van der Waals surface area (Å²) in [5.74, 6) is -2.24. The maximum Gasteiger partial charge on any atom is 0.338 e. The average molecular weight is 505 g/mol. The van der Waals surface area contributed by atoms with Gasteiger partial charge in [0.2, 0.25) is 11.8 Å². The number of amides is 3. The van der Waals surface area contributed by atoms with Crippen LogP contribution in [0.3, 0.4) is 0 Å². The van der Waals surface area contributed by atoms with Crippen LogP contribution in [0.25, 0.3) is 0 Å². The summed E-state index contributed by atoms with van der Waals surface area (Å²) in [4.78, 5) is 51.3. The van der Waals surface area contributed by atoms with Gasteiger partial charge in [-0.25, -0.2) is 4.79 Å². The number of halogens is 2. The molecule has 0 aromatic heterocycles. The Balaban J connectivity index is 1.36. The number of hydrogen-bond donors (Lipinski definition) is 1. The van der Waals surface area contributed by atoms with Crippen molar-refractivity contribution in [3.05, 3.63) is 54.1 Å². The van der Waals surface area contributed by atoms with E-state index in [-0.39, 0.29) is 28.1 Å². The number of methoxy groups -OCH3 is 1. The van der Waals surface area contributed by atoms with Gasteiger partial charge in [0.15, 0.2) is 6.61 Å². The smallest absolute Gasteiger partial charge is 0.338 e. The molecule has 4 atom stereocenters. The number of carbonyl (C=O) groups excluding carboxylic acids is 4. The molecule has 0 spiro atoms. The number of nitrogens with one attached hydrogen (secondary N) is 1. The van der Waals surface area contributed by atoms with Gasteiger partial charge < -0.3 is 14.8 Å². The fourth-order valence-electron chi connectivity index (χ4n) is 4.21. The van der Waals surface area contributed by atoms with E-state index in [1.807, 2.05) is 0 Å². The van der Waals surface area contributed by atoms with Crippen LogP contribution in [-0.4, -0.2) is 48.2 Å². The Kier molecular flexibility index (Phi) is 7.09. The predicted molar refractivity (Wildman–Crippen MR) is 126 cm³/mol. The fraction of sp³-hybridized carbons (Fsp3) is 0.333. The van der Waals surface area contributed by atoms with E-state index in [9.17, 15) is 19.2 Å². The minimum atomic E-state index is -0.713. The van der Waals surface area contributed by atoms with Crippen LogP contribution in [0.4, 0.5) is 11.4 Å². The number of anilines is 2. The van der Waals surface area contributed by atoms with Crippen molar-refractivity contribution in [1.82, 2.24) is 0 Å². The van der Waals surface area contributed by atoms with Crippen LogP contribution in [0.5, 0.6) is 5.75 Å². The van der Waals surface area contributed by atoms with Crippen molar-refractivity contribution in [3.8, 4) is 5.75 Å². The molecule has 2 aromatic carbocycles. The topological polar surface area (TPSA) is 102 Å². The first kappa shape index (κ1) is 24.0. The van der Waals surface area contributed by atoms with E-state index in [4.69, 9.17) is 32.7 Å². The van der Waals surface area contributed by atoms with Gasteiger partial charge in [0, 0.05) is 11.8 Å². The number of carbonyl (C=O) groups is 4. The normalized spacial score (nSPS) is 23.9. The lowest BCUT2D eigenvalue weighted by Crippen LogP contribution is -2.34. The van der Waals surface area contributed by atoms with Crippen LogP contribution < -0.4 is 15.0 Å². The van der Waals surface area contributed by atoms with E-state index in [0.717, 1.165) is 4.90 Å². The van der Waals surface area contributed by atoms with Gasteiger partial charge in [0.05, 0.1) is 41.0 Å². The number of ether oxygens (including phenoxy) is 2. The number of nitrogens with zero attached hydrogens (tertiary/aromatic N) is 1. The van der Waals surface area contributed by atoms with E-state index < -0.39 is 30.3 Å². The second kappa shape index (κ2) is 10.0. The molecule has 10 heteroatoms. The summed E-state index contributed by atoms with van der Waals surface area (Å²) in [7, 11) is 1.51. The van der Waals surface area contributed by atoms with Gasteiger partial charge in [-0.3, -0.25) is 19.3 Å². The zero-order chi connectivity index (χ0) is 24.4. The standard InChI is InChI=1S/C24H22Cl2N2O6/c1-33-16-4-2-3-14(9-16)27-21(29)12-34-24(32)13-5-7-15(8-6-13)28-22(30)17-10-19(25)20(26)11-18(17)23(28)31/h2-9,17-20H,10-12H2,1H3,(H,27,29)/t17-,18+,19-,20-/m0/s1. The van der Waals surface area contributed by atoms with Gasteiger partial charge in [-0.15, -0.1) is 23.2 Å².